The monoisotopic (exact) mass is 520 g/mol. The Morgan fingerprint density at radius 3 is 2.57 bits per heavy atom. The molecule has 5 rings (SSSR count). The molecule has 37 heavy (non-hydrogen) atoms. The number of allylic oxidation sites excluding steroid dienone is 4. The third kappa shape index (κ3) is 4.95. The van der Waals surface area contributed by atoms with E-state index < -0.39 is 0 Å². The number of hydrogen-bond acceptors (Lipinski definition) is 3. The molecule has 0 bridgehead atoms. The van der Waals surface area contributed by atoms with Gasteiger partial charge in [0.2, 0.25) is 11.8 Å². The maximum atomic E-state index is 13.3. The van der Waals surface area contributed by atoms with Crippen LogP contribution in [0.3, 0.4) is 0 Å². The quantitative estimate of drug-likeness (QED) is 0.383. The topological polar surface area (TPSA) is 75.3 Å². The van der Waals surface area contributed by atoms with E-state index in [4.69, 9.17) is 11.6 Å². The smallest absolute Gasteiger partial charge is 0.244 e. The molecule has 3 saturated carbocycles. The number of hydrogen-bond donors (Lipinski definition) is 2. The van der Waals surface area contributed by atoms with Crippen LogP contribution < -0.4 is 10.6 Å². The van der Waals surface area contributed by atoms with Crippen LogP contribution in [0.5, 0.6) is 0 Å². The van der Waals surface area contributed by atoms with Gasteiger partial charge in [0.1, 0.15) is 0 Å². The highest BCUT2D eigenvalue weighted by molar-refractivity contribution is 6.30. The van der Waals surface area contributed by atoms with Gasteiger partial charge in [-0.25, -0.2) is 0 Å². The summed E-state index contributed by atoms with van der Waals surface area (Å²) in [7, 11) is 0. The molecule has 2 N–H and O–H groups in total. The van der Waals surface area contributed by atoms with Crippen LogP contribution in [0.1, 0.15) is 57.9 Å². The molecule has 3 fully saturated rings. The summed E-state index contributed by atoms with van der Waals surface area (Å²) in [6, 6.07) is 7.27. The number of rotatable bonds is 6. The second kappa shape index (κ2) is 10.2. The van der Waals surface area contributed by atoms with Crippen LogP contribution in [0.25, 0.3) is 6.08 Å². The first-order chi connectivity index (χ1) is 17.7. The highest BCUT2D eigenvalue weighted by atomic mass is 35.5. The number of fused-ring (bicyclic) bond motifs is 5. The molecule has 0 radical (unpaired) electrons. The van der Waals surface area contributed by atoms with Gasteiger partial charge in [-0.2, -0.15) is 0 Å². The lowest BCUT2D eigenvalue weighted by Crippen LogP contribution is -2.51. The highest BCUT2D eigenvalue weighted by Gasteiger charge is 2.59. The molecule has 4 aliphatic carbocycles. The normalized spacial score (nSPS) is 34.4. The van der Waals surface area contributed by atoms with Gasteiger partial charge in [0.15, 0.2) is 5.78 Å². The van der Waals surface area contributed by atoms with Crippen LogP contribution in [0.4, 0.5) is 0 Å². The number of ketones is 1. The van der Waals surface area contributed by atoms with Gasteiger partial charge in [-0.05, 0) is 97.6 Å². The van der Waals surface area contributed by atoms with Gasteiger partial charge in [-0.15, -0.1) is 0 Å². The third-order valence-electron chi connectivity index (χ3n) is 9.89. The molecule has 6 atom stereocenters. The molecular weight excluding hydrogens is 484 g/mol. The molecule has 0 saturated heterocycles. The SMILES string of the molecule is C[C@]12CC[C@H]3[C@@H](CCC4=CC(=O)C=C[C@@]43C)[C@@H]1CC[C@@H]2C(=O)NCCNC(=O)/C=C/c1ccc(Cl)cc1. The number of carbonyl (C=O) groups excluding carboxylic acids is 3. The molecule has 0 heterocycles. The van der Waals surface area contributed by atoms with Crippen molar-refractivity contribution in [1.29, 1.82) is 0 Å². The standard InChI is InChI=1S/C31H37ClN2O3/c1-30-15-13-23(35)19-21(30)6-9-24-25-10-11-27(31(25,2)16-14-26(24)30)29(37)34-18-17-33-28(36)12-5-20-3-7-22(32)8-4-20/h3-5,7-8,12-13,15,19,24-27H,6,9-11,14,16-18H2,1-2H3,(H,33,36)(H,34,37)/b12-5+/t24-,25-,26-,27+,30-,31-/m0/s1. The number of benzene rings is 1. The fourth-order valence-electron chi connectivity index (χ4n) is 7.93. The minimum absolute atomic E-state index is 0.0152. The number of amides is 2. The van der Waals surface area contributed by atoms with Gasteiger partial charge in [0.05, 0.1) is 0 Å². The first-order valence-corrected chi connectivity index (χ1v) is 14.0. The zero-order valence-electron chi connectivity index (χ0n) is 21.8. The molecule has 1 aromatic rings. The van der Waals surface area contributed by atoms with E-state index >= 15 is 0 Å². The molecular formula is C31H37ClN2O3. The van der Waals surface area contributed by atoms with Gasteiger partial charge >= 0.3 is 0 Å². The lowest BCUT2D eigenvalue weighted by Gasteiger charge is -2.56. The summed E-state index contributed by atoms with van der Waals surface area (Å²) in [5.74, 6) is 1.78. The maximum Gasteiger partial charge on any atom is 0.244 e. The fourth-order valence-corrected chi connectivity index (χ4v) is 8.05. The maximum absolute atomic E-state index is 13.3. The largest absolute Gasteiger partial charge is 0.354 e. The minimum atomic E-state index is -0.187. The van der Waals surface area contributed by atoms with E-state index in [2.05, 4.69) is 30.6 Å². The fraction of sp³-hybridized carbons (Fsp3) is 0.516. The van der Waals surface area contributed by atoms with Crippen molar-refractivity contribution in [2.24, 2.45) is 34.5 Å². The second-order valence-corrected chi connectivity index (χ2v) is 12.2. The second-order valence-electron chi connectivity index (χ2n) is 11.7. The lowest BCUT2D eigenvalue weighted by atomic mass is 9.48. The lowest BCUT2D eigenvalue weighted by molar-refractivity contribution is -0.131. The summed E-state index contributed by atoms with van der Waals surface area (Å²) in [4.78, 5) is 37.4. The van der Waals surface area contributed by atoms with E-state index in [-0.39, 0.29) is 34.3 Å². The van der Waals surface area contributed by atoms with Crippen molar-refractivity contribution >= 4 is 35.3 Å². The van der Waals surface area contributed by atoms with Crippen molar-refractivity contribution < 1.29 is 14.4 Å². The molecule has 196 valence electrons. The molecule has 6 heteroatoms. The average molecular weight is 521 g/mol. The van der Waals surface area contributed by atoms with Gasteiger partial charge in [0.25, 0.3) is 0 Å². The molecule has 1 aromatic carbocycles. The number of carbonyl (C=O) groups is 3. The van der Waals surface area contributed by atoms with E-state index in [0.717, 1.165) is 44.1 Å². The van der Waals surface area contributed by atoms with Crippen molar-refractivity contribution in [3.63, 3.8) is 0 Å². The zero-order chi connectivity index (χ0) is 26.2. The Kier molecular flexibility index (Phi) is 7.19. The number of halogens is 1. The Balaban J connectivity index is 1.13. The first-order valence-electron chi connectivity index (χ1n) is 13.6. The summed E-state index contributed by atoms with van der Waals surface area (Å²) < 4.78 is 0. The Labute approximate surface area is 224 Å². The number of nitrogens with one attached hydrogen (secondary N) is 2. The highest BCUT2D eigenvalue weighted by Crippen LogP contribution is 2.65. The Morgan fingerprint density at radius 2 is 1.78 bits per heavy atom. The first kappa shape index (κ1) is 26.0. The Morgan fingerprint density at radius 1 is 1.03 bits per heavy atom. The van der Waals surface area contributed by atoms with Crippen LogP contribution in [0, 0.1) is 34.5 Å². The molecule has 0 aliphatic heterocycles. The summed E-state index contributed by atoms with van der Waals surface area (Å²) in [5, 5.41) is 6.60. The molecule has 5 nitrogen and oxygen atoms in total. The minimum Gasteiger partial charge on any atom is -0.354 e. The van der Waals surface area contributed by atoms with E-state index in [9.17, 15) is 14.4 Å². The summed E-state index contributed by atoms with van der Waals surface area (Å²) in [6.07, 6.45) is 15.3. The molecule has 4 aliphatic rings. The molecule has 0 unspecified atom stereocenters. The van der Waals surface area contributed by atoms with E-state index in [1.165, 1.54) is 11.6 Å². The summed E-state index contributed by atoms with van der Waals surface area (Å²) in [6.45, 7) is 5.47. The van der Waals surface area contributed by atoms with E-state index in [1.54, 1.807) is 24.3 Å². The van der Waals surface area contributed by atoms with E-state index in [1.807, 2.05) is 18.2 Å². The van der Waals surface area contributed by atoms with Gasteiger partial charge < -0.3 is 10.6 Å². The molecule has 0 spiro atoms. The summed E-state index contributed by atoms with van der Waals surface area (Å²) >= 11 is 5.89. The van der Waals surface area contributed by atoms with Crippen LogP contribution in [-0.4, -0.2) is 30.7 Å². The van der Waals surface area contributed by atoms with Crippen molar-refractivity contribution in [1.82, 2.24) is 10.6 Å². The Bertz CT molecular complexity index is 1170. The van der Waals surface area contributed by atoms with Gasteiger partial charge in [-0.3, -0.25) is 14.4 Å². The van der Waals surface area contributed by atoms with Gasteiger partial charge in [0, 0.05) is 35.5 Å². The van der Waals surface area contributed by atoms with Crippen molar-refractivity contribution in [3.8, 4) is 0 Å². The average Bonchev–Trinajstić information content (AvgIpc) is 3.24. The predicted octanol–water partition coefficient (Wildman–Crippen LogP) is 5.51. The molecule has 0 aromatic heterocycles. The molecule has 2 amide bonds. The Hall–Kier alpha value is -2.66. The van der Waals surface area contributed by atoms with Gasteiger partial charge in [-0.1, -0.05) is 49.2 Å². The predicted molar refractivity (Wildman–Crippen MR) is 147 cm³/mol. The van der Waals surface area contributed by atoms with Crippen molar-refractivity contribution in [2.75, 3.05) is 13.1 Å². The van der Waals surface area contributed by atoms with Crippen LogP contribution in [0.15, 0.2) is 54.1 Å². The third-order valence-corrected chi connectivity index (χ3v) is 10.1. The van der Waals surface area contributed by atoms with Crippen molar-refractivity contribution in [3.05, 3.63) is 64.7 Å². The van der Waals surface area contributed by atoms with E-state index in [0.29, 0.717) is 35.9 Å². The van der Waals surface area contributed by atoms with Crippen LogP contribution in [-0.2, 0) is 14.4 Å². The van der Waals surface area contributed by atoms with Crippen LogP contribution in [0.2, 0.25) is 5.02 Å². The van der Waals surface area contributed by atoms with Crippen LogP contribution >= 0.6 is 11.6 Å². The summed E-state index contributed by atoms with van der Waals surface area (Å²) in [5.41, 5.74) is 2.21. The van der Waals surface area contributed by atoms with Crippen molar-refractivity contribution in [2.45, 2.75) is 52.4 Å². The zero-order valence-corrected chi connectivity index (χ0v) is 22.5.